The lowest BCUT2D eigenvalue weighted by atomic mass is 10.5. The minimum Gasteiger partial charge on any atom is -0.480 e. The zero-order valence-electron chi connectivity index (χ0n) is 14.7. The van der Waals surface area contributed by atoms with E-state index in [0.29, 0.717) is 38.8 Å². The SMILES string of the molecule is CCO[Si](CCCNC(=O)OCCOCC(=O)O)(OCC)OCC. The van der Waals surface area contributed by atoms with Crippen molar-refractivity contribution < 1.29 is 37.4 Å². The topological polar surface area (TPSA) is 113 Å². The van der Waals surface area contributed by atoms with E-state index in [1.807, 2.05) is 20.8 Å². The number of rotatable bonds is 15. The van der Waals surface area contributed by atoms with Crippen molar-refractivity contribution in [3.8, 4) is 0 Å². The maximum Gasteiger partial charge on any atom is 0.500 e. The number of hydrogen-bond donors (Lipinski definition) is 2. The fourth-order valence-electron chi connectivity index (χ4n) is 1.90. The molecule has 0 radical (unpaired) electrons. The summed E-state index contributed by atoms with van der Waals surface area (Å²) in [6.45, 7) is 7.23. The zero-order chi connectivity index (χ0) is 18.3. The first-order valence-corrected chi connectivity index (χ1v) is 10.0. The Bertz CT molecular complexity index is 339. The van der Waals surface area contributed by atoms with Gasteiger partial charge in [0, 0.05) is 32.4 Å². The maximum absolute atomic E-state index is 11.5. The second-order valence-electron chi connectivity index (χ2n) is 4.59. The molecule has 0 atom stereocenters. The molecule has 0 saturated carbocycles. The molecule has 0 aromatic rings. The van der Waals surface area contributed by atoms with Crippen LogP contribution in [0, 0.1) is 0 Å². The number of hydrogen-bond acceptors (Lipinski definition) is 7. The largest absolute Gasteiger partial charge is 0.500 e. The lowest BCUT2D eigenvalue weighted by molar-refractivity contribution is -0.142. The van der Waals surface area contributed by atoms with Gasteiger partial charge in [0.1, 0.15) is 13.2 Å². The predicted molar refractivity (Wildman–Crippen MR) is 87.9 cm³/mol. The molecule has 9 nitrogen and oxygen atoms in total. The number of aliphatic carboxylic acids is 1. The molecule has 142 valence electrons. The van der Waals surface area contributed by atoms with Gasteiger partial charge in [0.25, 0.3) is 0 Å². The molecule has 0 aromatic heterocycles. The number of nitrogens with one attached hydrogen (secondary N) is 1. The second kappa shape index (κ2) is 14.2. The van der Waals surface area contributed by atoms with Crippen molar-refractivity contribution >= 4 is 20.9 Å². The van der Waals surface area contributed by atoms with Crippen molar-refractivity contribution in [2.45, 2.75) is 33.2 Å². The summed E-state index contributed by atoms with van der Waals surface area (Å²) < 4.78 is 26.7. The molecule has 0 saturated heterocycles. The number of carboxylic acids is 1. The first-order chi connectivity index (χ1) is 11.5. The Morgan fingerprint density at radius 3 is 2.08 bits per heavy atom. The Morgan fingerprint density at radius 2 is 1.58 bits per heavy atom. The number of carbonyl (C=O) groups is 2. The van der Waals surface area contributed by atoms with Crippen molar-refractivity contribution in [1.82, 2.24) is 5.32 Å². The van der Waals surface area contributed by atoms with E-state index >= 15 is 0 Å². The minimum atomic E-state index is -2.68. The summed E-state index contributed by atoms with van der Waals surface area (Å²) in [6, 6.07) is 0.602. The number of carboxylic acid groups (broad SMARTS) is 1. The van der Waals surface area contributed by atoms with E-state index in [9.17, 15) is 9.59 Å². The van der Waals surface area contributed by atoms with E-state index in [0.717, 1.165) is 0 Å². The van der Waals surface area contributed by atoms with Crippen LogP contribution in [0.15, 0.2) is 0 Å². The van der Waals surface area contributed by atoms with Crippen LogP contribution in [-0.4, -0.2) is 72.2 Å². The summed E-state index contributed by atoms with van der Waals surface area (Å²) in [4.78, 5) is 21.7. The highest BCUT2D eigenvalue weighted by molar-refractivity contribution is 6.60. The molecular formula is C14H29NO8Si. The third-order valence-electron chi connectivity index (χ3n) is 2.71. The van der Waals surface area contributed by atoms with Gasteiger partial charge in [-0.25, -0.2) is 9.59 Å². The normalized spacial score (nSPS) is 11.3. The van der Waals surface area contributed by atoms with E-state index in [1.165, 1.54) is 0 Å². The molecular weight excluding hydrogens is 338 g/mol. The monoisotopic (exact) mass is 367 g/mol. The van der Waals surface area contributed by atoms with Gasteiger partial charge >= 0.3 is 20.9 Å². The summed E-state index contributed by atoms with van der Waals surface area (Å²) in [5.41, 5.74) is 0. The molecule has 24 heavy (non-hydrogen) atoms. The van der Waals surface area contributed by atoms with Gasteiger partial charge in [-0.2, -0.15) is 0 Å². The summed E-state index contributed by atoms with van der Waals surface area (Å²) >= 11 is 0. The average molecular weight is 367 g/mol. The highest BCUT2D eigenvalue weighted by Gasteiger charge is 2.39. The first-order valence-electron chi connectivity index (χ1n) is 8.11. The molecule has 0 fully saturated rings. The molecule has 10 heteroatoms. The minimum absolute atomic E-state index is 0.00532. The highest BCUT2D eigenvalue weighted by Crippen LogP contribution is 2.17. The smallest absolute Gasteiger partial charge is 0.480 e. The van der Waals surface area contributed by atoms with Crippen LogP contribution in [0.2, 0.25) is 6.04 Å². The number of carbonyl (C=O) groups excluding carboxylic acids is 1. The third-order valence-corrected chi connectivity index (χ3v) is 5.86. The van der Waals surface area contributed by atoms with Crippen LogP contribution >= 0.6 is 0 Å². The van der Waals surface area contributed by atoms with Crippen molar-refractivity contribution in [3.05, 3.63) is 0 Å². The molecule has 0 aliphatic heterocycles. The Hall–Kier alpha value is -1.20. The van der Waals surface area contributed by atoms with Crippen LogP contribution in [0.1, 0.15) is 27.2 Å². The van der Waals surface area contributed by atoms with Crippen molar-refractivity contribution in [2.24, 2.45) is 0 Å². The quantitative estimate of drug-likeness (QED) is 0.328. The van der Waals surface area contributed by atoms with Crippen molar-refractivity contribution in [2.75, 3.05) is 46.2 Å². The van der Waals surface area contributed by atoms with Gasteiger partial charge in [-0.05, 0) is 27.2 Å². The number of ether oxygens (including phenoxy) is 2. The van der Waals surface area contributed by atoms with Crippen LogP contribution in [0.4, 0.5) is 4.79 Å². The molecule has 0 aromatic carbocycles. The van der Waals surface area contributed by atoms with Gasteiger partial charge in [0.2, 0.25) is 0 Å². The Kier molecular flexibility index (Phi) is 13.5. The average Bonchev–Trinajstić information content (AvgIpc) is 2.52. The van der Waals surface area contributed by atoms with Crippen LogP contribution in [-0.2, 0) is 27.5 Å². The molecule has 0 spiro atoms. The lowest BCUT2D eigenvalue weighted by Crippen LogP contribution is -2.46. The molecule has 0 aliphatic rings. The molecule has 0 bridgehead atoms. The second-order valence-corrected chi connectivity index (χ2v) is 7.33. The number of alkyl carbamates (subject to hydrolysis) is 1. The van der Waals surface area contributed by atoms with Crippen LogP contribution in [0.25, 0.3) is 0 Å². The standard InChI is InChI=1S/C14H29NO8Si/c1-4-21-24(22-5-2,23-6-3)11-7-8-15-14(18)20-10-9-19-12-13(16)17/h4-12H2,1-3H3,(H,15,18)(H,16,17). The van der Waals surface area contributed by atoms with Gasteiger partial charge in [-0.15, -0.1) is 0 Å². The third kappa shape index (κ3) is 11.4. The molecule has 0 rings (SSSR count). The first kappa shape index (κ1) is 22.8. The summed E-state index contributed by atoms with van der Waals surface area (Å²) in [5.74, 6) is -1.06. The molecule has 0 unspecified atom stereocenters. The van der Waals surface area contributed by atoms with Crippen LogP contribution in [0.3, 0.4) is 0 Å². The Balaban J connectivity index is 3.93. The van der Waals surface area contributed by atoms with E-state index in [1.54, 1.807) is 0 Å². The molecule has 0 aliphatic carbocycles. The van der Waals surface area contributed by atoms with E-state index in [4.69, 9.17) is 27.9 Å². The van der Waals surface area contributed by atoms with Crippen LogP contribution in [0.5, 0.6) is 0 Å². The maximum atomic E-state index is 11.5. The Labute approximate surface area is 143 Å². The predicted octanol–water partition coefficient (Wildman–Crippen LogP) is 1.25. The van der Waals surface area contributed by atoms with E-state index in [-0.39, 0.29) is 13.2 Å². The Morgan fingerprint density at radius 1 is 1.00 bits per heavy atom. The molecule has 2 N–H and O–H groups in total. The van der Waals surface area contributed by atoms with Crippen LogP contribution < -0.4 is 5.32 Å². The van der Waals surface area contributed by atoms with Crippen molar-refractivity contribution in [3.63, 3.8) is 0 Å². The fourth-order valence-corrected chi connectivity index (χ4v) is 4.51. The van der Waals surface area contributed by atoms with Gasteiger partial charge in [0.15, 0.2) is 0 Å². The van der Waals surface area contributed by atoms with E-state index < -0.39 is 27.5 Å². The summed E-state index contributed by atoms with van der Waals surface area (Å²) in [7, 11) is -2.68. The summed E-state index contributed by atoms with van der Waals surface area (Å²) in [5, 5.41) is 11.0. The summed E-state index contributed by atoms with van der Waals surface area (Å²) in [6.07, 6.45) is 0.0574. The fraction of sp³-hybridized carbons (Fsp3) is 0.857. The lowest BCUT2D eigenvalue weighted by Gasteiger charge is -2.28. The van der Waals surface area contributed by atoms with Gasteiger partial charge in [0.05, 0.1) is 6.61 Å². The van der Waals surface area contributed by atoms with Gasteiger partial charge < -0.3 is 33.2 Å². The van der Waals surface area contributed by atoms with Crippen molar-refractivity contribution in [1.29, 1.82) is 0 Å². The van der Waals surface area contributed by atoms with Gasteiger partial charge in [-0.1, -0.05) is 0 Å². The molecule has 1 amide bonds. The highest BCUT2D eigenvalue weighted by atomic mass is 28.4. The van der Waals surface area contributed by atoms with Gasteiger partial charge in [-0.3, -0.25) is 0 Å². The zero-order valence-corrected chi connectivity index (χ0v) is 15.7. The number of amides is 1. The van der Waals surface area contributed by atoms with E-state index in [2.05, 4.69) is 5.32 Å². The molecule has 0 heterocycles.